The Morgan fingerprint density at radius 2 is 1.62 bits per heavy atom. The van der Waals surface area contributed by atoms with E-state index in [9.17, 15) is 4.79 Å². The Bertz CT molecular complexity index is 675. The second-order valence-corrected chi connectivity index (χ2v) is 6.23. The van der Waals surface area contributed by atoms with Gasteiger partial charge in [-0.15, -0.1) is 0 Å². The van der Waals surface area contributed by atoms with Crippen LogP contribution in [0.25, 0.3) is 0 Å². The van der Waals surface area contributed by atoms with Crippen LogP contribution in [0.15, 0.2) is 48.5 Å². The normalized spacial score (nSPS) is 10.8. The molecule has 24 heavy (non-hydrogen) atoms. The third-order valence-corrected chi connectivity index (χ3v) is 2.99. The summed E-state index contributed by atoms with van der Waals surface area (Å²) >= 11 is 0. The van der Waals surface area contributed by atoms with Crippen molar-refractivity contribution in [2.24, 2.45) is 0 Å². The number of amides is 1. The minimum atomic E-state index is -0.257. The maximum absolute atomic E-state index is 12.0. The number of carbonyl (C=O) groups is 1. The first-order valence-electron chi connectivity index (χ1n) is 7.72. The summed E-state index contributed by atoms with van der Waals surface area (Å²) < 4.78 is 16.4. The van der Waals surface area contributed by atoms with E-state index < -0.39 is 0 Å². The summed E-state index contributed by atoms with van der Waals surface area (Å²) in [4.78, 5) is 12.0. The first-order valence-corrected chi connectivity index (χ1v) is 7.72. The second-order valence-electron chi connectivity index (χ2n) is 6.23. The molecule has 0 unspecified atom stereocenters. The average Bonchev–Trinajstić information content (AvgIpc) is 2.53. The Kier molecular flexibility index (Phi) is 5.68. The van der Waals surface area contributed by atoms with Crippen molar-refractivity contribution in [2.75, 3.05) is 19.0 Å². The number of para-hydroxylation sites is 2. The van der Waals surface area contributed by atoms with E-state index in [1.54, 1.807) is 31.4 Å². The van der Waals surface area contributed by atoms with Crippen LogP contribution in [-0.2, 0) is 4.79 Å². The molecule has 1 N–H and O–H groups in total. The van der Waals surface area contributed by atoms with E-state index in [-0.39, 0.29) is 18.1 Å². The van der Waals surface area contributed by atoms with E-state index in [2.05, 4.69) is 5.32 Å². The highest BCUT2D eigenvalue weighted by Gasteiger charge is 2.12. The molecule has 0 saturated heterocycles. The van der Waals surface area contributed by atoms with Gasteiger partial charge in [0.15, 0.2) is 18.1 Å². The van der Waals surface area contributed by atoms with Crippen LogP contribution in [0, 0.1) is 0 Å². The van der Waals surface area contributed by atoms with Crippen LogP contribution in [0.4, 0.5) is 5.69 Å². The van der Waals surface area contributed by atoms with E-state index in [0.717, 1.165) is 5.75 Å². The second kappa shape index (κ2) is 7.73. The third-order valence-electron chi connectivity index (χ3n) is 2.99. The van der Waals surface area contributed by atoms with E-state index >= 15 is 0 Å². The van der Waals surface area contributed by atoms with Gasteiger partial charge in [0.25, 0.3) is 5.91 Å². The lowest BCUT2D eigenvalue weighted by molar-refractivity contribution is -0.118. The van der Waals surface area contributed by atoms with Gasteiger partial charge in [0.1, 0.15) is 11.4 Å². The zero-order chi connectivity index (χ0) is 17.6. The van der Waals surface area contributed by atoms with Crippen molar-refractivity contribution in [1.82, 2.24) is 0 Å². The molecule has 128 valence electrons. The van der Waals surface area contributed by atoms with Crippen molar-refractivity contribution < 1.29 is 19.0 Å². The number of rotatable bonds is 6. The van der Waals surface area contributed by atoms with Gasteiger partial charge in [-0.2, -0.15) is 0 Å². The summed E-state index contributed by atoms with van der Waals surface area (Å²) in [6.07, 6.45) is 0. The lowest BCUT2D eigenvalue weighted by Crippen LogP contribution is -2.23. The molecule has 5 nitrogen and oxygen atoms in total. The fourth-order valence-electron chi connectivity index (χ4n) is 2.04. The number of ether oxygens (including phenoxy) is 3. The monoisotopic (exact) mass is 329 g/mol. The van der Waals surface area contributed by atoms with E-state index in [4.69, 9.17) is 14.2 Å². The Balaban J connectivity index is 1.88. The van der Waals surface area contributed by atoms with Crippen LogP contribution in [0.5, 0.6) is 17.2 Å². The summed E-state index contributed by atoms with van der Waals surface area (Å²) in [7, 11) is 1.56. The molecule has 5 heteroatoms. The fraction of sp³-hybridized carbons (Fsp3) is 0.316. The zero-order valence-electron chi connectivity index (χ0n) is 14.5. The van der Waals surface area contributed by atoms with Gasteiger partial charge in [-0.25, -0.2) is 0 Å². The van der Waals surface area contributed by atoms with Crippen LogP contribution in [0.1, 0.15) is 20.8 Å². The molecule has 0 heterocycles. The van der Waals surface area contributed by atoms with Crippen LogP contribution in [0.2, 0.25) is 0 Å². The van der Waals surface area contributed by atoms with Gasteiger partial charge in [-0.1, -0.05) is 12.1 Å². The molecule has 0 aromatic heterocycles. The lowest BCUT2D eigenvalue weighted by atomic mass is 10.2. The third kappa shape index (κ3) is 5.50. The summed E-state index contributed by atoms with van der Waals surface area (Å²) in [5.41, 5.74) is 0.428. The minimum absolute atomic E-state index is 0.0966. The van der Waals surface area contributed by atoms with Crippen LogP contribution < -0.4 is 19.5 Å². The number of anilines is 1. The van der Waals surface area contributed by atoms with Gasteiger partial charge in [0, 0.05) is 5.69 Å². The first-order chi connectivity index (χ1) is 11.4. The molecule has 0 aliphatic heterocycles. The smallest absolute Gasteiger partial charge is 0.262 e. The van der Waals surface area contributed by atoms with Gasteiger partial charge in [-0.3, -0.25) is 4.79 Å². The Morgan fingerprint density at radius 3 is 2.21 bits per heavy atom. The first kappa shape index (κ1) is 17.7. The molecule has 0 radical (unpaired) electrons. The van der Waals surface area contributed by atoms with E-state index in [0.29, 0.717) is 17.2 Å². The SMILES string of the molecule is COc1ccccc1OCC(=O)Nc1ccc(OC(C)(C)C)cc1. The van der Waals surface area contributed by atoms with Gasteiger partial charge in [-0.05, 0) is 57.2 Å². The molecule has 0 saturated carbocycles. The molecular formula is C19H23NO4. The highest BCUT2D eigenvalue weighted by molar-refractivity contribution is 5.91. The van der Waals surface area contributed by atoms with Crippen LogP contribution in [0.3, 0.4) is 0 Å². The highest BCUT2D eigenvalue weighted by atomic mass is 16.5. The van der Waals surface area contributed by atoms with E-state index in [1.165, 1.54) is 0 Å². The number of nitrogens with one attached hydrogen (secondary N) is 1. The van der Waals surface area contributed by atoms with Crippen molar-refractivity contribution in [1.29, 1.82) is 0 Å². The summed E-state index contributed by atoms with van der Waals surface area (Å²) in [5, 5.41) is 2.78. The fourth-order valence-corrected chi connectivity index (χ4v) is 2.04. The summed E-state index contributed by atoms with van der Waals surface area (Å²) in [6, 6.07) is 14.4. The minimum Gasteiger partial charge on any atom is -0.493 e. The number of carbonyl (C=O) groups excluding carboxylic acids is 1. The molecule has 0 aliphatic carbocycles. The quantitative estimate of drug-likeness (QED) is 0.873. The summed E-state index contributed by atoms with van der Waals surface area (Å²) in [6.45, 7) is 5.86. The predicted octanol–water partition coefficient (Wildman–Crippen LogP) is 3.89. The zero-order valence-corrected chi connectivity index (χ0v) is 14.5. The van der Waals surface area contributed by atoms with Crippen molar-refractivity contribution in [3.8, 4) is 17.2 Å². The Labute approximate surface area is 142 Å². The van der Waals surface area contributed by atoms with Gasteiger partial charge < -0.3 is 19.5 Å². The highest BCUT2D eigenvalue weighted by Crippen LogP contribution is 2.25. The molecule has 0 fully saturated rings. The van der Waals surface area contributed by atoms with Crippen LogP contribution >= 0.6 is 0 Å². The standard InChI is InChI=1S/C19H23NO4/c1-19(2,3)24-15-11-9-14(10-12-15)20-18(21)13-23-17-8-6-5-7-16(17)22-4/h5-12H,13H2,1-4H3,(H,20,21). The topological polar surface area (TPSA) is 56.8 Å². The number of methoxy groups -OCH3 is 1. The lowest BCUT2D eigenvalue weighted by Gasteiger charge is -2.21. The molecule has 2 aromatic rings. The Hall–Kier alpha value is -2.69. The molecular weight excluding hydrogens is 306 g/mol. The molecule has 0 bridgehead atoms. The van der Waals surface area contributed by atoms with Gasteiger partial charge in [0.2, 0.25) is 0 Å². The molecule has 0 aliphatic rings. The Morgan fingerprint density at radius 1 is 1.00 bits per heavy atom. The molecule has 0 atom stereocenters. The van der Waals surface area contributed by atoms with Crippen LogP contribution in [-0.4, -0.2) is 25.2 Å². The van der Waals surface area contributed by atoms with Gasteiger partial charge in [0.05, 0.1) is 7.11 Å². The van der Waals surface area contributed by atoms with E-state index in [1.807, 2.05) is 45.0 Å². The summed E-state index contributed by atoms with van der Waals surface area (Å²) in [5.74, 6) is 1.63. The molecule has 2 aromatic carbocycles. The van der Waals surface area contributed by atoms with Crippen molar-refractivity contribution in [3.05, 3.63) is 48.5 Å². The number of hydrogen-bond acceptors (Lipinski definition) is 4. The maximum atomic E-state index is 12.0. The average molecular weight is 329 g/mol. The maximum Gasteiger partial charge on any atom is 0.262 e. The van der Waals surface area contributed by atoms with Crippen molar-refractivity contribution >= 4 is 11.6 Å². The largest absolute Gasteiger partial charge is 0.493 e. The molecule has 2 rings (SSSR count). The van der Waals surface area contributed by atoms with Gasteiger partial charge >= 0.3 is 0 Å². The molecule has 1 amide bonds. The number of benzene rings is 2. The predicted molar refractivity (Wildman–Crippen MR) is 93.9 cm³/mol. The number of hydrogen-bond donors (Lipinski definition) is 1. The van der Waals surface area contributed by atoms with Crippen molar-refractivity contribution in [2.45, 2.75) is 26.4 Å². The molecule has 0 spiro atoms. The van der Waals surface area contributed by atoms with Crippen molar-refractivity contribution in [3.63, 3.8) is 0 Å².